The van der Waals surface area contributed by atoms with Crippen LogP contribution in [0.25, 0.3) is 0 Å². The van der Waals surface area contributed by atoms with Gasteiger partial charge in [-0.3, -0.25) is 4.79 Å². The van der Waals surface area contributed by atoms with Crippen LogP contribution >= 0.6 is 15.9 Å². The standard InChI is InChI=1S/C13H18BrN3O/c1-10(18)15-7-11-3-2-6-17(9-11)13-5-4-12(14)8-16-13/h4-5,8,11H,2-3,6-7,9H2,1H3,(H,15,18). The van der Waals surface area contributed by atoms with Crippen molar-refractivity contribution in [2.45, 2.75) is 19.8 Å². The highest BCUT2D eigenvalue weighted by molar-refractivity contribution is 9.10. The molecule has 1 aliphatic rings. The van der Waals surface area contributed by atoms with E-state index in [1.54, 1.807) is 6.92 Å². The molecule has 2 heterocycles. The summed E-state index contributed by atoms with van der Waals surface area (Å²) < 4.78 is 0.998. The summed E-state index contributed by atoms with van der Waals surface area (Å²) in [6, 6.07) is 4.05. The lowest BCUT2D eigenvalue weighted by molar-refractivity contribution is -0.119. The van der Waals surface area contributed by atoms with Crippen LogP contribution in [0.5, 0.6) is 0 Å². The minimum absolute atomic E-state index is 0.0499. The largest absolute Gasteiger partial charge is 0.356 e. The van der Waals surface area contributed by atoms with Crippen molar-refractivity contribution in [1.82, 2.24) is 10.3 Å². The van der Waals surface area contributed by atoms with Gasteiger partial charge in [0.05, 0.1) is 0 Å². The average Bonchev–Trinajstić information content (AvgIpc) is 2.37. The Bertz CT molecular complexity index is 407. The third kappa shape index (κ3) is 3.70. The zero-order valence-corrected chi connectivity index (χ0v) is 12.1. The number of nitrogens with one attached hydrogen (secondary N) is 1. The van der Waals surface area contributed by atoms with Gasteiger partial charge in [-0.05, 0) is 46.8 Å². The van der Waals surface area contributed by atoms with E-state index in [1.807, 2.05) is 18.3 Å². The minimum Gasteiger partial charge on any atom is -0.356 e. The molecule has 0 saturated carbocycles. The van der Waals surface area contributed by atoms with Gasteiger partial charge in [-0.15, -0.1) is 0 Å². The highest BCUT2D eigenvalue weighted by atomic mass is 79.9. The molecule has 1 aromatic heterocycles. The SMILES string of the molecule is CC(=O)NCC1CCCN(c2ccc(Br)cn2)C1. The number of amides is 1. The molecule has 0 spiro atoms. The molecule has 1 unspecified atom stereocenters. The van der Waals surface area contributed by atoms with E-state index in [-0.39, 0.29) is 5.91 Å². The maximum Gasteiger partial charge on any atom is 0.216 e. The van der Waals surface area contributed by atoms with Gasteiger partial charge in [0.15, 0.2) is 0 Å². The van der Waals surface area contributed by atoms with Gasteiger partial charge < -0.3 is 10.2 Å². The summed E-state index contributed by atoms with van der Waals surface area (Å²) in [4.78, 5) is 17.7. The Kier molecular flexibility index (Phi) is 4.58. The average molecular weight is 312 g/mol. The van der Waals surface area contributed by atoms with Gasteiger partial charge in [0.25, 0.3) is 0 Å². The first-order valence-corrected chi connectivity index (χ1v) is 7.05. The highest BCUT2D eigenvalue weighted by Gasteiger charge is 2.20. The summed E-state index contributed by atoms with van der Waals surface area (Å²) in [5.41, 5.74) is 0. The van der Waals surface area contributed by atoms with Crippen LogP contribution in [0.3, 0.4) is 0 Å². The molecule has 1 aliphatic heterocycles. The first kappa shape index (κ1) is 13.3. The fourth-order valence-electron chi connectivity index (χ4n) is 2.28. The number of hydrogen-bond acceptors (Lipinski definition) is 3. The first-order chi connectivity index (χ1) is 8.65. The van der Waals surface area contributed by atoms with E-state index in [2.05, 4.69) is 31.1 Å². The van der Waals surface area contributed by atoms with Gasteiger partial charge in [0.1, 0.15) is 5.82 Å². The molecule has 0 aliphatic carbocycles. The van der Waals surface area contributed by atoms with E-state index in [0.717, 1.165) is 36.3 Å². The molecule has 98 valence electrons. The van der Waals surface area contributed by atoms with E-state index in [4.69, 9.17) is 0 Å². The summed E-state index contributed by atoms with van der Waals surface area (Å²) in [5.74, 6) is 1.59. The molecule has 1 saturated heterocycles. The van der Waals surface area contributed by atoms with Crippen molar-refractivity contribution in [3.63, 3.8) is 0 Å². The Morgan fingerprint density at radius 1 is 1.61 bits per heavy atom. The second kappa shape index (κ2) is 6.18. The van der Waals surface area contributed by atoms with E-state index < -0.39 is 0 Å². The number of hydrogen-bond donors (Lipinski definition) is 1. The van der Waals surface area contributed by atoms with Crippen LogP contribution in [0.2, 0.25) is 0 Å². The first-order valence-electron chi connectivity index (χ1n) is 6.26. The minimum atomic E-state index is 0.0499. The molecule has 1 N–H and O–H groups in total. The zero-order valence-electron chi connectivity index (χ0n) is 10.5. The molecule has 1 fully saturated rings. The molecular formula is C13H18BrN3O. The summed E-state index contributed by atoms with van der Waals surface area (Å²) >= 11 is 3.39. The molecule has 4 nitrogen and oxygen atoms in total. The molecular weight excluding hydrogens is 294 g/mol. The Morgan fingerprint density at radius 2 is 2.44 bits per heavy atom. The smallest absolute Gasteiger partial charge is 0.216 e. The molecule has 0 aromatic carbocycles. The van der Waals surface area contributed by atoms with E-state index in [0.29, 0.717) is 5.92 Å². The van der Waals surface area contributed by atoms with Crippen molar-refractivity contribution in [2.24, 2.45) is 5.92 Å². The number of aromatic nitrogens is 1. The number of pyridine rings is 1. The van der Waals surface area contributed by atoms with Gasteiger partial charge in [-0.25, -0.2) is 4.98 Å². The summed E-state index contributed by atoms with van der Waals surface area (Å²) in [7, 11) is 0. The van der Waals surface area contributed by atoms with Crippen molar-refractivity contribution in [2.75, 3.05) is 24.5 Å². The predicted molar refractivity (Wildman–Crippen MR) is 75.6 cm³/mol. The fraction of sp³-hybridized carbons (Fsp3) is 0.538. The number of carbonyl (C=O) groups is 1. The molecule has 2 rings (SSSR count). The summed E-state index contributed by atoms with van der Waals surface area (Å²) in [5, 5.41) is 2.90. The molecule has 18 heavy (non-hydrogen) atoms. The number of halogens is 1. The van der Waals surface area contributed by atoms with Gasteiger partial charge in [-0.2, -0.15) is 0 Å². The van der Waals surface area contributed by atoms with Crippen molar-refractivity contribution in [3.05, 3.63) is 22.8 Å². The van der Waals surface area contributed by atoms with Crippen LogP contribution in [-0.2, 0) is 4.79 Å². The number of rotatable bonds is 3. The van der Waals surface area contributed by atoms with E-state index >= 15 is 0 Å². The lowest BCUT2D eigenvalue weighted by Gasteiger charge is -2.33. The maximum atomic E-state index is 10.9. The van der Waals surface area contributed by atoms with Crippen LogP contribution in [0.4, 0.5) is 5.82 Å². The lowest BCUT2D eigenvalue weighted by Crippen LogP contribution is -2.40. The van der Waals surface area contributed by atoms with Crippen molar-refractivity contribution in [3.8, 4) is 0 Å². The molecule has 1 atom stereocenters. The Hall–Kier alpha value is -1.10. The number of nitrogens with zero attached hydrogens (tertiary/aromatic N) is 2. The van der Waals surface area contributed by atoms with Gasteiger partial charge in [-0.1, -0.05) is 0 Å². The van der Waals surface area contributed by atoms with Crippen molar-refractivity contribution in [1.29, 1.82) is 0 Å². The lowest BCUT2D eigenvalue weighted by atomic mass is 9.98. The van der Waals surface area contributed by atoms with Crippen LogP contribution in [0.1, 0.15) is 19.8 Å². The van der Waals surface area contributed by atoms with Crippen LogP contribution in [0.15, 0.2) is 22.8 Å². The monoisotopic (exact) mass is 311 g/mol. The number of anilines is 1. The van der Waals surface area contributed by atoms with Gasteiger partial charge in [0, 0.05) is 37.2 Å². The van der Waals surface area contributed by atoms with E-state index in [1.165, 1.54) is 6.42 Å². The normalized spacial score (nSPS) is 19.7. The van der Waals surface area contributed by atoms with E-state index in [9.17, 15) is 4.79 Å². The third-order valence-corrected chi connectivity index (χ3v) is 3.66. The Labute approximate surface area is 116 Å². The second-order valence-electron chi connectivity index (χ2n) is 4.73. The zero-order chi connectivity index (χ0) is 13.0. The summed E-state index contributed by atoms with van der Waals surface area (Å²) in [6.45, 7) is 4.35. The molecule has 1 amide bonds. The number of piperidine rings is 1. The Balaban J connectivity index is 1.93. The van der Waals surface area contributed by atoms with Crippen molar-refractivity contribution < 1.29 is 4.79 Å². The predicted octanol–water partition coefficient (Wildman–Crippen LogP) is 2.20. The molecule has 0 radical (unpaired) electrons. The van der Waals surface area contributed by atoms with Gasteiger partial charge >= 0.3 is 0 Å². The van der Waals surface area contributed by atoms with Crippen LogP contribution < -0.4 is 10.2 Å². The topological polar surface area (TPSA) is 45.2 Å². The fourth-order valence-corrected chi connectivity index (χ4v) is 2.52. The molecule has 5 heteroatoms. The van der Waals surface area contributed by atoms with Gasteiger partial charge in [0.2, 0.25) is 5.91 Å². The van der Waals surface area contributed by atoms with Crippen LogP contribution in [-0.4, -0.2) is 30.5 Å². The third-order valence-electron chi connectivity index (χ3n) is 3.19. The molecule has 1 aromatic rings. The quantitative estimate of drug-likeness (QED) is 0.930. The van der Waals surface area contributed by atoms with Crippen molar-refractivity contribution >= 4 is 27.7 Å². The number of carbonyl (C=O) groups excluding carboxylic acids is 1. The molecule has 0 bridgehead atoms. The second-order valence-corrected chi connectivity index (χ2v) is 5.64. The Morgan fingerprint density at radius 3 is 3.11 bits per heavy atom. The maximum absolute atomic E-state index is 10.9. The highest BCUT2D eigenvalue weighted by Crippen LogP contribution is 2.22. The summed E-state index contributed by atoms with van der Waals surface area (Å²) in [6.07, 6.45) is 4.15. The van der Waals surface area contributed by atoms with Crippen LogP contribution in [0, 0.1) is 5.92 Å².